The second kappa shape index (κ2) is 8.35. The maximum absolute atomic E-state index is 12.7. The summed E-state index contributed by atoms with van der Waals surface area (Å²) in [7, 11) is 1.82. The SMILES string of the molecule is Cn1ccc(C(=O)NC2(CCc3ccc(NC(=O)C4CC4)nc3)CCCCC2)n1. The van der Waals surface area contributed by atoms with Crippen molar-refractivity contribution in [1.82, 2.24) is 20.1 Å². The van der Waals surface area contributed by atoms with Gasteiger partial charge in [-0.05, 0) is 56.2 Å². The van der Waals surface area contributed by atoms with Crippen molar-refractivity contribution in [2.24, 2.45) is 13.0 Å². The number of aromatic nitrogens is 3. The number of nitrogens with zero attached hydrogens (tertiary/aromatic N) is 3. The molecule has 7 nitrogen and oxygen atoms in total. The molecule has 0 unspecified atom stereocenters. The van der Waals surface area contributed by atoms with E-state index in [1.54, 1.807) is 16.9 Å². The molecule has 4 rings (SSSR count). The van der Waals surface area contributed by atoms with Crippen LogP contribution in [0.5, 0.6) is 0 Å². The molecule has 0 radical (unpaired) electrons. The second-order valence-corrected chi connectivity index (χ2v) is 8.48. The standard InChI is InChI=1S/C22H29N5O2/c1-27-14-10-18(26-27)21(29)25-22(11-3-2-4-12-22)13-9-16-5-8-19(23-15-16)24-20(28)17-6-7-17/h5,8,10,14-15,17H,2-4,6-7,9,11-13H2,1H3,(H,25,29)(H,23,24,28). The van der Waals surface area contributed by atoms with Crippen molar-refractivity contribution in [3.05, 3.63) is 41.9 Å². The van der Waals surface area contributed by atoms with E-state index in [1.807, 2.05) is 25.4 Å². The first-order valence-corrected chi connectivity index (χ1v) is 10.6. The van der Waals surface area contributed by atoms with Gasteiger partial charge < -0.3 is 10.6 Å². The number of pyridine rings is 1. The summed E-state index contributed by atoms with van der Waals surface area (Å²) in [4.78, 5) is 29.0. The van der Waals surface area contributed by atoms with Gasteiger partial charge in [0.15, 0.2) is 0 Å². The highest BCUT2D eigenvalue weighted by molar-refractivity contribution is 5.93. The summed E-state index contributed by atoms with van der Waals surface area (Å²) in [5.41, 5.74) is 1.40. The molecule has 0 bridgehead atoms. The molecule has 2 aliphatic carbocycles. The minimum atomic E-state index is -0.189. The van der Waals surface area contributed by atoms with Crippen molar-refractivity contribution >= 4 is 17.6 Å². The lowest BCUT2D eigenvalue weighted by Crippen LogP contribution is -2.50. The van der Waals surface area contributed by atoms with Crippen molar-refractivity contribution in [2.75, 3.05) is 5.32 Å². The summed E-state index contributed by atoms with van der Waals surface area (Å²) in [5.74, 6) is 0.763. The van der Waals surface area contributed by atoms with Gasteiger partial charge in [0, 0.05) is 30.9 Å². The predicted molar refractivity (Wildman–Crippen MR) is 110 cm³/mol. The quantitative estimate of drug-likeness (QED) is 0.753. The van der Waals surface area contributed by atoms with Gasteiger partial charge in [-0.2, -0.15) is 5.10 Å². The highest BCUT2D eigenvalue weighted by atomic mass is 16.2. The van der Waals surface area contributed by atoms with E-state index in [-0.39, 0.29) is 23.3 Å². The van der Waals surface area contributed by atoms with Crippen molar-refractivity contribution in [2.45, 2.75) is 63.3 Å². The molecule has 29 heavy (non-hydrogen) atoms. The molecule has 2 aromatic heterocycles. The summed E-state index contributed by atoms with van der Waals surface area (Å²) < 4.78 is 1.65. The zero-order valence-electron chi connectivity index (χ0n) is 17.0. The first-order valence-electron chi connectivity index (χ1n) is 10.6. The Hall–Kier alpha value is -2.70. The van der Waals surface area contributed by atoms with Crippen LogP contribution in [0.2, 0.25) is 0 Å². The molecule has 0 spiro atoms. The number of carbonyl (C=O) groups is 2. The summed E-state index contributed by atoms with van der Waals surface area (Å²) in [6.45, 7) is 0. The van der Waals surface area contributed by atoms with Gasteiger partial charge in [0.05, 0.1) is 0 Å². The smallest absolute Gasteiger partial charge is 0.272 e. The average Bonchev–Trinajstić information content (AvgIpc) is 3.49. The number of nitrogens with one attached hydrogen (secondary N) is 2. The van der Waals surface area contributed by atoms with Crippen LogP contribution in [-0.4, -0.2) is 32.1 Å². The Kier molecular flexibility index (Phi) is 5.65. The van der Waals surface area contributed by atoms with Crippen molar-refractivity contribution in [1.29, 1.82) is 0 Å². The number of aryl methyl sites for hydroxylation is 2. The van der Waals surface area contributed by atoms with Crippen LogP contribution in [-0.2, 0) is 18.3 Å². The molecule has 2 fully saturated rings. The van der Waals surface area contributed by atoms with Crippen LogP contribution in [0.1, 0.15) is 67.4 Å². The molecule has 2 saturated carbocycles. The Morgan fingerprint density at radius 2 is 1.97 bits per heavy atom. The molecule has 2 aliphatic rings. The van der Waals surface area contributed by atoms with E-state index < -0.39 is 0 Å². The van der Waals surface area contributed by atoms with E-state index in [0.717, 1.165) is 56.9 Å². The molecule has 0 aliphatic heterocycles. The first kappa shape index (κ1) is 19.6. The normalized spacial score (nSPS) is 18.2. The van der Waals surface area contributed by atoms with Gasteiger partial charge in [0.2, 0.25) is 5.91 Å². The van der Waals surface area contributed by atoms with E-state index in [4.69, 9.17) is 0 Å². The molecular weight excluding hydrogens is 366 g/mol. The number of anilines is 1. The van der Waals surface area contributed by atoms with Crippen molar-refractivity contribution in [3.8, 4) is 0 Å². The highest BCUT2D eigenvalue weighted by Gasteiger charge is 2.34. The second-order valence-electron chi connectivity index (χ2n) is 8.48. The fourth-order valence-corrected chi connectivity index (χ4v) is 4.11. The third-order valence-electron chi connectivity index (χ3n) is 6.05. The van der Waals surface area contributed by atoms with Gasteiger partial charge in [-0.25, -0.2) is 4.98 Å². The lowest BCUT2D eigenvalue weighted by atomic mass is 9.77. The zero-order chi connectivity index (χ0) is 20.3. The van der Waals surface area contributed by atoms with Gasteiger partial charge in [-0.3, -0.25) is 14.3 Å². The van der Waals surface area contributed by atoms with Crippen molar-refractivity contribution < 1.29 is 9.59 Å². The molecule has 0 saturated heterocycles. The zero-order valence-corrected chi connectivity index (χ0v) is 17.0. The van der Waals surface area contributed by atoms with Gasteiger partial charge >= 0.3 is 0 Å². The largest absolute Gasteiger partial charge is 0.345 e. The maximum atomic E-state index is 12.7. The van der Waals surface area contributed by atoms with Crippen LogP contribution >= 0.6 is 0 Å². The summed E-state index contributed by atoms with van der Waals surface area (Å²) >= 11 is 0. The fourth-order valence-electron chi connectivity index (χ4n) is 4.11. The van der Waals surface area contributed by atoms with Gasteiger partial charge in [-0.15, -0.1) is 0 Å². The summed E-state index contributed by atoms with van der Waals surface area (Å²) in [6.07, 6.45) is 12.8. The predicted octanol–water partition coefficient (Wildman–Crippen LogP) is 3.23. The van der Waals surface area contributed by atoms with Crippen molar-refractivity contribution in [3.63, 3.8) is 0 Å². The van der Waals surface area contributed by atoms with Crippen LogP contribution in [0.3, 0.4) is 0 Å². The Morgan fingerprint density at radius 3 is 2.59 bits per heavy atom. The van der Waals surface area contributed by atoms with E-state index in [2.05, 4.69) is 20.7 Å². The lowest BCUT2D eigenvalue weighted by Gasteiger charge is -2.38. The number of hydrogen-bond donors (Lipinski definition) is 2. The third kappa shape index (κ3) is 5.02. The monoisotopic (exact) mass is 395 g/mol. The molecule has 2 N–H and O–H groups in total. The molecule has 2 amide bonds. The van der Waals surface area contributed by atoms with Crippen LogP contribution in [0.4, 0.5) is 5.82 Å². The van der Waals surface area contributed by atoms with Gasteiger partial charge in [-0.1, -0.05) is 25.3 Å². The molecule has 2 heterocycles. The average molecular weight is 396 g/mol. The van der Waals surface area contributed by atoms with Gasteiger partial charge in [0.1, 0.15) is 11.5 Å². The van der Waals surface area contributed by atoms with E-state index in [1.165, 1.54) is 6.42 Å². The Balaban J connectivity index is 1.37. The van der Waals surface area contributed by atoms with E-state index >= 15 is 0 Å². The van der Waals surface area contributed by atoms with Crippen LogP contribution < -0.4 is 10.6 Å². The third-order valence-corrected chi connectivity index (χ3v) is 6.05. The molecular formula is C22H29N5O2. The van der Waals surface area contributed by atoms with E-state index in [9.17, 15) is 9.59 Å². The molecule has 0 aromatic carbocycles. The minimum Gasteiger partial charge on any atom is -0.345 e. The number of hydrogen-bond acceptors (Lipinski definition) is 4. The van der Waals surface area contributed by atoms with Gasteiger partial charge in [0.25, 0.3) is 5.91 Å². The molecule has 154 valence electrons. The Labute approximate surface area is 171 Å². The van der Waals surface area contributed by atoms with Crippen LogP contribution in [0.15, 0.2) is 30.6 Å². The summed E-state index contributed by atoms with van der Waals surface area (Å²) in [5, 5.41) is 10.4. The molecule has 2 aromatic rings. The Morgan fingerprint density at radius 1 is 1.17 bits per heavy atom. The van der Waals surface area contributed by atoms with Crippen LogP contribution in [0, 0.1) is 5.92 Å². The Bertz CT molecular complexity index is 864. The molecule has 0 atom stereocenters. The number of rotatable bonds is 7. The summed E-state index contributed by atoms with van der Waals surface area (Å²) in [6, 6.07) is 5.65. The fraction of sp³-hybridized carbons (Fsp3) is 0.545. The first-order chi connectivity index (χ1) is 14.0. The van der Waals surface area contributed by atoms with E-state index in [0.29, 0.717) is 11.5 Å². The number of carbonyl (C=O) groups excluding carboxylic acids is 2. The highest BCUT2D eigenvalue weighted by Crippen LogP contribution is 2.33. The van der Waals surface area contributed by atoms with Crippen LogP contribution in [0.25, 0.3) is 0 Å². The topological polar surface area (TPSA) is 88.9 Å². The maximum Gasteiger partial charge on any atom is 0.272 e. The lowest BCUT2D eigenvalue weighted by molar-refractivity contribution is -0.117. The molecule has 7 heteroatoms. The number of amides is 2. The minimum absolute atomic E-state index is 0.0728.